The molecule has 0 radical (unpaired) electrons. The number of aromatic amines is 1. The molecule has 2 aromatic heterocycles. The third kappa shape index (κ3) is 4.94. The van der Waals surface area contributed by atoms with E-state index in [1.54, 1.807) is 36.5 Å². The molecule has 0 unspecified atom stereocenters. The number of H-pyrrole nitrogens is 1. The number of nitrogens with one attached hydrogen (secondary N) is 3. The number of amides is 2. The van der Waals surface area contributed by atoms with Gasteiger partial charge in [0.25, 0.3) is 0 Å². The Kier molecular flexibility index (Phi) is 5.95. The van der Waals surface area contributed by atoms with E-state index >= 15 is 0 Å². The Labute approximate surface area is 202 Å². The van der Waals surface area contributed by atoms with Gasteiger partial charge in [0.1, 0.15) is 17.8 Å². The summed E-state index contributed by atoms with van der Waals surface area (Å²) >= 11 is 0. The van der Waals surface area contributed by atoms with Gasteiger partial charge in [-0.1, -0.05) is 18.2 Å². The Balaban J connectivity index is 1.28. The largest absolute Gasteiger partial charge is 0.457 e. The Morgan fingerprint density at radius 1 is 0.889 bits per heavy atom. The Hall–Kier alpha value is -4.93. The Bertz CT molecular complexity index is 1530. The van der Waals surface area contributed by atoms with E-state index < -0.39 is 17.8 Å². The summed E-state index contributed by atoms with van der Waals surface area (Å²) in [7, 11) is 0. The normalized spacial score (nSPS) is 11.3. The lowest BCUT2D eigenvalue weighted by atomic mass is 10.1. The number of carbonyl (C=O) groups excluding carboxylic acids is 1. The van der Waals surface area contributed by atoms with Crippen LogP contribution in [-0.4, -0.2) is 26.2 Å². The third-order valence-electron chi connectivity index (χ3n) is 5.18. The minimum atomic E-state index is -4.50. The molecule has 0 saturated heterocycles. The highest BCUT2D eigenvalue weighted by molar-refractivity contribution is 5.99. The van der Waals surface area contributed by atoms with Crippen LogP contribution in [0.1, 0.15) is 5.56 Å². The number of hydrogen-bond donors (Lipinski definition) is 3. The van der Waals surface area contributed by atoms with Gasteiger partial charge in [0, 0.05) is 16.9 Å². The van der Waals surface area contributed by atoms with E-state index in [0.717, 1.165) is 23.1 Å². The molecule has 5 rings (SSSR count). The fourth-order valence-corrected chi connectivity index (χ4v) is 3.53. The Morgan fingerprint density at radius 2 is 1.67 bits per heavy atom. The molecule has 0 aliphatic carbocycles. The summed E-state index contributed by atoms with van der Waals surface area (Å²) in [6, 6.07) is 17.6. The molecular weight excluding hydrogens is 473 g/mol. The van der Waals surface area contributed by atoms with Crippen molar-refractivity contribution in [2.24, 2.45) is 0 Å². The molecule has 8 nitrogen and oxygen atoms in total. The number of benzene rings is 3. The number of fused-ring (bicyclic) bond motifs is 1. The summed E-state index contributed by atoms with van der Waals surface area (Å²) in [5, 5.41) is 12.6. The van der Waals surface area contributed by atoms with Crippen LogP contribution in [0.4, 0.5) is 29.3 Å². The van der Waals surface area contributed by atoms with Gasteiger partial charge >= 0.3 is 12.2 Å². The zero-order valence-corrected chi connectivity index (χ0v) is 18.4. The number of hydrogen-bond acceptors (Lipinski definition) is 5. The van der Waals surface area contributed by atoms with Crippen molar-refractivity contribution in [1.29, 1.82) is 0 Å². The van der Waals surface area contributed by atoms with Crippen LogP contribution in [0.15, 0.2) is 85.3 Å². The van der Waals surface area contributed by atoms with Gasteiger partial charge in [-0.15, -0.1) is 0 Å². The van der Waals surface area contributed by atoms with Crippen molar-refractivity contribution in [1.82, 2.24) is 20.2 Å². The molecule has 2 amide bonds. The SMILES string of the molecule is O=C(Nc1ccc(Oc2ccccc2-c2ncnc3[nH]ncc23)cc1)Nc1cccc(C(F)(F)F)c1. The molecule has 3 aromatic carbocycles. The molecule has 5 aromatic rings. The van der Waals surface area contributed by atoms with Crippen molar-refractivity contribution in [2.75, 3.05) is 10.6 Å². The van der Waals surface area contributed by atoms with Gasteiger partial charge in [-0.05, 0) is 54.6 Å². The molecule has 36 heavy (non-hydrogen) atoms. The molecule has 3 N–H and O–H groups in total. The number of para-hydroxylation sites is 1. The number of urea groups is 1. The zero-order valence-electron chi connectivity index (χ0n) is 18.4. The first-order chi connectivity index (χ1) is 17.4. The highest BCUT2D eigenvalue weighted by atomic mass is 19.4. The first-order valence-corrected chi connectivity index (χ1v) is 10.6. The zero-order chi connectivity index (χ0) is 25.1. The van der Waals surface area contributed by atoms with Crippen LogP contribution in [0.5, 0.6) is 11.5 Å². The second-order valence-corrected chi connectivity index (χ2v) is 7.63. The first kappa shape index (κ1) is 22.8. The Morgan fingerprint density at radius 3 is 2.47 bits per heavy atom. The van der Waals surface area contributed by atoms with E-state index in [4.69, 9.17) is 4.74 Å². The highest BCUT2D eigenvalue weighted by Crippen LogP contribution is 2.35. The van der Waals surface area contributed by atoms with Crippen molar-refractivity contribution in [2.45, 2.75) is 6.18 Å². The molecule has 0 saturated carbocycles. The fourth-order valence-electron chi connectivity index (χ4n) is 3.53. The topological polar surface area (TPSA) is 105 Å². The molecule has 0 bridgehead atoms. The van der Waals surface area contributed by atoms with Crippen molar-refractivity contribution in [3.63, 3.8) is 0 Å². The van der Waals surface area contributed by atoms with Gasteiger partial charge in [0.05, 0.1) is 22.8 Å². The minimum absolute atomic E-state index is 0.0235. The number of ether oxygens (including phenoxy) is 1. The monoisotopic (exact) mass is 490 g/mol. The summed E-state index contributed by atoms with van der Waals surface area (Å²) in [4.78, 5) is 20.8. The van der Waals surface area contributed by atoms with E-state index in [1.807, 2.05) is 18.2 Å². The van der Waals surface area contributed by atoms with Crippen molar-refractivity contribution in [3.05, 3.63) is 90.9 Å². The van der Waals surface area contributed by atoms with Crippen LogP contribution in [-0.2, 0) is 6.18 Å². The van der Waals surface area contributed by atoms with E-state index in [2.05, 4.69) is 30.8 Å². The van der Waals surface area contributed by atoms with E-state index in [0.29, 0.717) is 28.5 Å². The van der Waals surface area contributed by atoms with Gasteiger partial charge in [-0.2, -0.15) is 18.3 Å². The predicted octanol–water partition coefficient (Wildman–Crippen LogP) is 6.48. The van der Waals surface area contributed by atoms with E-state index in [-0.39, 0.29) is 5.69 Å². The van der Waals surface area contributed by atoms with Crippen LogP contribution in [0.2, 0.25) is 0 Å². The number of halogens is 3. The van der Waals surface area contributed by atoms with Crippen LogP contribution >= 0.6 is 0 Å². The number of aromatic nitrogens is 4. The lowest BCUT2D eigenvalue weighted by Gasteiger charge is -2.13. The highest BCUT2D eigenvalue weighted by Gasteiger charge is 2.30. The maximum absolute atomic E-state index is 12.9. The summed E-state index contributed by atoms with van der Waals surface area (Å²) in [6.45, 7) is 0. The predicted molar refractivity (Wildman–Crippen MR) is 128 cm³/mol. The number of carbonyl (C=O) groups is 1. The lowest BCUT2D eigenvalue weighted by Crippen LogP contribution is -2.19. The lowest BCUT2D eigenvalue weighted by molar-refractivity contribution is -0.137. The first-order valence-electron chi connectivity index (χ1n) is 10.6. The maximum atomic E-state index is 12.9. The van der Waals surface area contributed by atoms with Crippen molar-refractivity contribution >= 4 is 28.4 Å². The van der Waals surface area contributed by atoms with Gasteiger partial charge in [-0.3, -0.25) is 5.10 Å². The van der Waals surface area contributed by atoms with Crippen LogP contribution in [0.25, 0.3) is 22.3 Å². The average Bonchev–Trinajstić information content (AvgIpc) is 3.34. The molecule has 0 aliphatic rings. The number of nitrogens with zero attached hydrogens (tertiary/aromatic N) is 3. The van der Waals surface area contributed by atoms with Gasteiger partial charge < -0.3 is 15.4 Å². The van der Waals surface area contributed by atoms with E-state index in [1.165, 1.54) is 18.5 Å². The van der Waals surface area contributed by atoms with Crippen LogP contribution in [0, 0.1) is 0 Å². The smallest absolute Gasteiger partial charge is 0.416 e. The van der Waals surface area contributed by atoms with Crippen LogP contribution in [0.3, 0.4) is 0 Å². The molecular formula is C25H17F3N6O2. The number of rotatable bonds is 5. The molecule has 0 fully saturated rings. The number of anilines is 2. The molecule has 2 heterocycles. The molecule has 0 spiro atoms. The summed E-state index contributed by atoms with van der Waals surface area (Å²) in [5.41, 5.74) is 1.61. The van der Waals surface area contributed by atoms with Gasteiger partial charge in [0.15, 0.2) is 5.65 Å². The second kappa shape index (κ2) is 9.37. The molecule has 0 aliphatic heterocycles. The third-order valence-corrected chi connectivity index (χ3v) is 5.18. The standard InChI is InChI=1S/C25H17F3N6O2/c26-25(27,28)15-4-3-5-17(12-15)33-24(35)32-16-8-10-18(11-9-16)36-21-7-2-1-6-19(21)22-20-13-31-34-23(20)30-14-29-22/h1-14H,(H2,32,33,35)(H,29,30,31,34). The minimum Gasteiger partial charge on any atom is -0.457 e. The fraction of sp³-hybridized carbons (Fsp3) is 0.0400. The van der Waals surface area contributed by atoms with Gasteiger partial charge in [0.2, 0.25) is 0 Å². The van der Waals surface area contributed by atoms with Crippen molar-refractivity contribution < 1.29 is 22.7 Å². The summed E-state index contributed by atoms with van der Waals surface area (Å²) in [5.74, 6) is 1.06. The summed E-state index contributed by atoms with van der Waals surface area (Å²) < 4.78 is 44.7. The van der Waals surface area contributed by atoms with Gasteiger partial charge in [-0.25, -0.2) is 14.8 Å². The molecule has 180 valence electrons. The average molecular weight is 490 g/mol. The van der Waals surface area contributed by atoms with Crippen LogP contribution < -0.4 is 15.4 Å². The van der Waals surface area contributed by atoms with E-state index in [9.17, 15) is 18.0 Å². The van der Waals surface area contributed by atoms with Crippen molar-refractivity contribution in [3.8, 4) is 22.8 Å². The number of alkyl halides is 3. The summed E-state index contributed by atoms with van der Waals surface area (Å²) in [6.07, 6.45) is -1.41. The molecule has 11 heteroatoms. The maximum Gasteiger partial charge on any atom is 0.416 e. The molecule has 0 atom stereocenters. The second-order valence-electron chi connectivity index (χ2n) is 7.63. The quantitative estimate of drug-likeness (QED) is 0.262.